The third kappa shape index (κ3) is 2.15. The second-order valence-corrected chi connectivity index (χ2v) is 5.35. The molecule has 1 saturated heterocycles. The first-order chi connectivity index (χ1) is 8.56. The lowest BCUT2D eigenvalue weighted by atomic mass is 9.67. The Hall–Kier alpha value is -1.35. The fourth-order valence-corrected chi connectivity index (χ4v) is 3.06. The molecule has 0 radical (unpaired) electrons. The third-order valence-electron chi connectivity index (χ3n) is 4.30. The predicted molar refractivity (Wildman–Crippen MR) is 71.8 cm³/mol. The van der Waals surface area contributed by atoms with Gasteiger partial charge in [-0.25, -0.2) is 0 Å². The van der Waals surface area contributed by atoms with Gasteiger partial charge in [0.05, 0.1) is 5.41 Å². The molecule has 2 N–H and O–H groups in total. The molecule has 1 atom stereocenters. The standard InChI is InChI=1S/C15H21NO2/c1-11-5-3-4-6-13(11)15(2,14(17)18)12-7-9-16-10-8-12/h3-6,12,16H,7-10H2,1-2H3,(H,17,18). The number of carbonyl (C=O) groups is 1. The lowest BCUT2D eigenvalue weighted by Crippen LogP contribution is -2.45. The summed E-state index contributed by atoms with van der Waals surface area (Å²) < 4.78 is 0. The summed E-state index contributed by atoms with van der Waals surface area (Å²) in [7, 11) is 0. The molecule has 2 rings (SSSR count). The van der Waals surface area contributed by atoms with Crippen molar-refractivity contribution in [3.63, 3.8) is 0 Å². The molecule has 1 aromatic carbocycles. The fraction of sp³-hybridized carbons (Fsp3) is 0.533. The van der Waals surface area contributed by atoms with Crippen molar-refractivity contribution in [1.29, 1.82) is 0 Å². The highest BCUT2D eigenvalue weighted by molar-refractivity contribution is 5.82. The van der Waals surface area contributed by atoms with Crippen LogP contribution in [0, 0.1) is 12.8 Å². The zero-order chi connectivity index (χ0) is 13.2. The van der Waals surface area contributed by atoms with Crippen LogP contribution in [0.25, 0.3) is 0 Å². The van der Waals surface area contributed by atoms with Gasteiger partial charge in [-0.3, -0.25) is 4.79 Å². The maximum absolute atomic E-state index is 11.9. The molecule has 0 aliphatic carbocycles. The molecule has 0 amide bonds. The molecule has 3 nitrogen and oxygen atoms in total. The van der Waals surface area contributed by atoms with Crippen LogP contribution in [0.2, 0.25) is 0 Å². The second-order valence-electron chi connectivity index (χ2n) is 5.35. The van der Waals surface area contributed by atoms with Gasteiger partial charge in [0.1, 0.15) is 0 Å². The largest absolute Gasteiger partial charge is 0.481 e. The molecule has 98 valence electrons. The topological polar surface area (TPSA) is 49.3 Å². The van der Waals surface area contributed by atoms with Crippen LogP contribution in [0.15, 0.2) is 24.3 Å². The first-order valence-electron chi connectivity index (χ1n) is 6.57. The predicted octanol–water partition coefficient (Wildman–Crippen LogP) is 2.34. The Labute approximate surface area is 108 Å². The van der Waals surface area contributed by atoms with Crippen LogP contribution in [0.5, 0.6) is 0 Å². The van der Waals surface area contributed by atoms with Crippen molar-refractivity contribution in [2.75, 3.05) is 13.1 Å². The van der Waals surface area contributed by atoms with Gasteiger partial charge in [-0.1, -0.05) is 24.3 Å². The molecular formula is C15H21NO2. The van der Waals surface area contributed by atoms with Crippen LogP contribution in [0.4, 0.5) is 0 Å². The summed E-state index contributed by atoms with van der Waals surface area (Å²) in [4.78, 5) is 11.9. The summed E-state index contributed by atoms with van der Waals surface area (Å²) in [5, 5.41) is 13.0. The van der Waals surface area contributed by atoms with Gasteiger partial charge in [0.25, 0.3) is 0 Å². The minimum Gasteiger partial charge on any atom is -0.481 e. The summed E-state index contributed by atoms with van der Waals surface area (Å²) in [5.74, 6) is -0.499. The lowest BCUT2D eigenvalue weighted by molar-refractivity contribution is -0.146. The van der Waals surface area contributed by atoms with Gasteiger partial charge >= 0.3 is 5.97 Å². The van der Waals surface area contributed by atoms with Gasteiger partial charge in [0.15, 0.2) is 0 Å². The Kier molecular flexibility index (Phi) is 3.71. The first kappa shape index (κ1) is 13.1. The molecule has 0 bridgehead atoms. The van der Waals surface area contributed by atoms with E-state index in [1.165, 1.54) is 0 Å². The van der Waals surface area contributed by atoms with Crippen molar-refractivity contribution < 1.29 is 9.90 Å². The van der Waals surface area contributed by atoms with Gasteiger partial charge in [0.2, 0.25) is 0 Å². The molecule has 1 fully saturated rings. The summed E-state index contributed by atoms with van der Waals surface area (Å²) in [6, 6.07) is 7.86. The molecule has 1 unspecified atom stereocenters. The zero-order valence-corrected chi connectivity index (χ0v) is 11.1. The number of hydrogen-bond acceptors (Lipinski definition) is 2. The molecular weight excluding hydrogens is 226 g/mol. The molecule has 0 spiro atoms. The van der Waals surface area contributed by atoms with E-state index >= 15 is 0 Å². The van der Waals surface area contributed by atoms with E-state index in [4.69, 9.17) is 0 Å². The van der Waals surface area contributed by atoms with E-state index in [-0.39, 0.29) is 5.92 Å². The second kappa shape index (κ2) is 5.11. The van der Waals surface area contributed by atoms with Crippen molar-refractivity contribution in [1.82, 2.24) is 5.32 Å². The molecule has 1 heterocycles. The highest BCUT2D eigenvalue weighted by Crippen LogP contribution is 2.39. The number of aryl methyl sites for hydroxylation is 1. The highest BCUT2D eigenvalue weighted by atomic mass is 16.4. The molecule has 0 aromatic heterocycles. The Morgan fingerprint density at radius 1 is 1.33 bits per heavy atom. The number of aliphatic carboxylic acids is 1. The number of rotatable bonds is 3. The van der Waals surface area contributed by atoms with Gasteiger partial charge < -0.3 is 10.4 Å². The number of piperidine rings is 1. The Morgan fingerprint density at radius 3 is 2.50 bits per heavy atom. The van der Waals surface area contributed by atoms with E-state index in [2.05, 4.69) is 5.32 Å². The average molecular weight is 247 g/mol. The molecule has 0 saturated carbocycles. The third-order valence-corrected chi connectivity index (χ3v) is 4.30. The lowest BCUT2D eigenvalue weighted by Gasteiger charge is -2.38. The smallest absolute Gasteiger partial charge is 0.314 e. The summed E-state index contributed by atoms with van der Waals surface area (Å²) in [6.07, 6.45) is 1.86. The summed E-state index contributed by atoms with van der Waals surface area (Å²) in [6.45, 7) is 5.71. The monoisotopic (exact) mass is 247 g/mol. The molecule has 1 aliphatic heterocycles. The molecule has 18 heavy (non-hydrogen) atoms. The number of carboxylic acid groups (broad SMARTS) is 1. The quantitative estimate of drug-likeness (QED) is 0.862. The zero-order valence-electron chi connectivity index (χ0n) is 11.1. The number of hydrogen-bond donors (Lipinski definition) is 2. The molecule has 3 heteroatoms. The fourth-order valence-electron chi connectivity index (χ4n) is 3.06. The Morgan fingerprint density at radius 2 is 1.94 bits per heavy atom. The molecule has 1 aromatic rings. The van der Waals surface area contributed by atoms with Crippen LogP contribution >= 0.6 is 0 Å². The SMILES string of the molecule is Cc1ccccc1C(C)(C(=O)O)C1CCNCC1. The van der Waals surface area contributed by atoms with Crippen molar-refractivity contribution in [3.05, 3.63) is 35.4 Å². The Balaban J connectivity index is 2.43. The van der Waals surface area contributed by atoms with Crippen LogP contribution < -0.4 is 5.32 Å². The van der Waals surface area contributed by atoms with Gasteiger partial charge in [-0.15, -0.1) is 0 Å². The van der Waals surface area contributed by atoms with Crippen molar-refractivity contribution in [2.24, 2.45) is 5.92 Å². The van der Waals surface area contributed by atoms with Gasteiger partial charge in [0, 0.05) is 0 Å². The average Bonchev–Trinajstić information content (AvgIpc) is 2.39. The number of nitrogens with one attached hydrogen (secondary N) is 1. The van der Waals surface area contributed by atoms with E-state index in [9.17, 15) is 9.90 Å². The van der Waals surface area contributed by atoms with Crippen LogP contribution in [0.3, 0.4) is 0 Å². The van der Waals surface area contributed by atoms with E-state index in [0.717, 1.165) is 37.1 Å². The van der Waals surface area contributed by atoms with E-state index in [0.29, 0.717) is 0 Å². The summed E-state index contributed by atoms with van der Waals surface area (Å²) in [5.41, 5.74) is 1.26. The van der Waals surface area contributed by atoms with Gasteiger partial charge in [-0.05, 0) is 56.8 Å². The first-order valence-corrected chi connectivity index (χ1v) is 6.57. The van der Waals surface area contributed by atoms with Crippen molar-refractivity contribution in [2.45, 2.75) is 32.1 Å². The van der Waals surface area contributed by atoms with Crippen LogP contribution in [-0.4, -0.2) is 24.2 Å². The van der Waals surface area contributed by atoms with E-state index in [1.807, 2.05) is 38.1 Å². The molecule has 1 aliphatic rings. The van der Waals surface area contributed by atoms with E-state index in [1.54, 1.807) is 0 Å². The van der Waals surface area contributed by atoms with Gasteiger partial charge in [-0.2, -0.15) is 0 Å². The van der Waals surface area contributed by atoms with Crippen molar-refractivity contribution >= 4 is 5.97 Å². The van der Waals surface area contributed by atoms with Crippen LogP contribution in [-0.2, 0) is 10.2 Å². The normalized spacial score (nSPS) is 20.3. The minimum absolute atomic E-state index is 0.206. The van der Waals surface area contributed by atoms with E-state index < -0.39 is 11.4 Å². The van der Waals surface area contributed by atoms with Crippen LogP contribution in [0.1, 0.15) is 30.9 Å². The maximum atomic E-state index is 11.9. The number of benzene rings is 1. The maximum Gasteiger partial charge on any atom is 0.314 e. The minimum atomic E-state index is -0.770. The Bertz CT molecular complexity index is 438. The number of carboxylic acids is 1. The van der Waals surface area contributed by atoms with Crippen molar-refractivity contribution in [3.8, 4) is 0 Å². The highest BCUT2D eigenvalue weighted by Gasteiger charge is 2.43. The summed E-state index contributed by atoms with van der Waals surface area (Å²) >= 11 is 0.